The lowest BCUT2D eigenvalue weighted by molar-refractivity contribution is -0.140. The van der Waals surface area contributed by atoms with Crippen LogP contribution in [0.25, 0.3) is 11.1 Å². The Morgan fingerprint density at radius 2 is 2.04 bits per heavy atom. The van der Waals surface area contributed by atoms with Gasteiger partial charge in [-0.25, -0.2) is 9.97 Å². The number of hydrogen-bond acceptors (Lipinski definition) is 6. The Kier molecular flexibility index (Phi) is 4.23. The number of pyridine rings is 1. The highest BCUT2D eigenvalue weighted by Crippen LogP contribution is 2.32. The number of halogens is 3. The zero-order valence-corrected chi connectivity index (χ0v) is 14.2. The number of anilines is 1. The molecule has 0 aliphatic carbocycles. The minimum Gasteiger partial charge on any atom is -0.336 e. The van der Waals surface area contributed by atoms with Crippen LogP contribution in [0.15, 0.2) is 16.0 Å². The second-order valence-electron chi connectivity index (χ2n) is 5.69. The fraction of sp³-hybridized carbons (Fsp3) is 0.333. The second kappa shape index (κ2) is 6.10. The van der Waals surface area contributed by atoms with Gasteiger partial charge in [0.05, 0.1) is 16.6 Å². The van der Waals surface area contributed by atoms with Crippen LogP contribution in [0.1, 0.15) is 47.2 Å². The quantitative estimate of drug-likeness (QED) is 0.740. The summed E-state index contributed by atoms with van der Waals surface area (Å²) < 4.78 is 43.0. The predicted octanol–water partition coefficient (Wildman–Crippen LogP) is 4.38. The van der Waals surface area contributed by atoms with Crippen LogP contribution in [0, 0.1) is 6.92 Å². The lowest BCUT2D eigenvalue weighted by Gasteiger charge is -2.08. The summed E-state index contributed by atoms with van der Waals surface area (Å²) in [6, 6.07) is 1.59. The number of hydrogen-bond donors (Lipinski definition) is 1. The van der Waals surface area contributed by atoms with Crippen molar-refractivity contribution in [2.75, 3.05) is 5.32 Å². The summed E-state index contributed by atoms with van der Waals surface area (Å²) >= 11 is 0.704. The van der Waals surface area contributed by atoms with Crippen molar-refractivity contribution in [3.05, 3.63) is 34.1 Å². The molecule has 0 spiro atoms. The molecule has 10 heteroatoms. The van der Waals surface area contributed by atoms with Crippen LogP contribution in [0.4, 0.5) is 18.3 Å². The molecular formula is C15H13F3N4O2S. The van der Waals surface area contributed by atoms with Gasteiger partial charge in [-0.15, -0.1) is 11.3 Å². The van der Waals surface area contributed by atoms with Crippen molar-refractivity contribution in [2.24, 2.45) is 0 Å². The first-order valence-electron chi connectivity index (χ1n) is 7.28. The number of rotatable bonds is 3. The van der Waals surface area contributed by atoms with Gasteiger partial charge in [0.25, 0.3) is 11.6 Å². The summed E-state index contributed by atoms with van der Waals surface area (Å²) in [5.74, 6) is -0.568. The van der Waals surface area contributed by atoms with Crippen LogP contribution in [0.3, 0.4) is 0 Å². The first kappa shape index (κ1) is 17.3. The number of nitrogens with zero attached hydrogens (tertiary/aromatic N) is 3. The van der Waals surface area contributed by atoms with E-state index < -0.39 is 17.8 Å². The molecule has 0 fully saturated rings. The van der Waals surface area contributed by atoms with Crippen LogP contribution >= 0.6 is 11.3 Å². The van der Waals surface area contributed by atoms with E-state index >= 15 is 0 Å². The van der Waals surface area contributed by atoms with Crippen LogP contribution in [-0.4, -0.2) is 21.0 Å². The van der Waals surface area contributed by atoms with Crippen molar-refractivity contribution in [1.82, 2.24) is 15.1 Å². The van der Waals surface area contributed by atoms with E-state index in [9.17, 15) is 18.0 Å². The maximum Gasteiger partial charge on any atom is 0.434 e. The molecule has 0 radical (unpaired) electrons. The Morgan fingerprint density at radius 3 is 2.64 bits per heavy atom. The van der Waals surface area contributed by atoms with Crippen molar-refractivity contribution in [2.45, 2.75) is 32.9 Å². The molecule has 0 unspecified atom stereocenters. The lowest BCUT2D eigenvalue weighted by atomic mass is 10.0. The van der Waals surface area contributed by atoms with Gasteiger partial charge in [0.1, 0.15) is 0 Å². The van der Waals surface area contributed by atoms with E-state index in [0.717, 1.165) is 5.38 Å². The van der Waals surface area contributed by atoms with Gasteiger partial charge in [0, 0.05) is 11.1 Å². The SMILES string of the molecule is Cc1noc2nc(C(C)C)cc(C(=O)Nc3nc(C(F)(F)F)cs3)c12. The van der Waals surface area contributed by atoms with Crippen molar-refractivity contribution in [3.63, 3.8) is 0 Å². The third-order valence-corrected chi connectivity index (χ3v) is 4.25. The molecule has 1 amide bonds. The molecule has 3 rings (SSSR count). The highest BCUT2D eigenvalue weighted by atomic mass is 32.1. The highest BCUT2D eigenvalue weighted by Gasteiger charge is 2.34. The largest absolute Gasteiger partial charge is 0.434 e. The first-order chi connectivity index (χ1) is 11.7. The Balaban J connectivity index is 1.99. The topological polar surface area (TPSA) is 80.9 Å². The standard InChI is InChI=1S/C15H13F3N4O2S/c1-6(2)9-4-8(11-7(3)22-24-13(11)19-9)12(23)21-14-20-10(5-25-14)15(16,17)18/h4-6H,1-3H3,(H,20,21,23). The third kappa shape index (κ3) is 3.34. The molecule has 132 valence electrons. The third-order valence-electron chi connectivity index (χ3n) is 3.49. The van der Waals surface area contributed by atoms with E-state index in [1.165, 1.54) is 0 Å². The Morgan fingerprint density at radius 1 is 1.32 bits per heavy atom. The summed E-state index contributed by atoms with van der Waals surface area (Å²) in [5, 5.41) is 7.34. The molecule has 0 aliphatic heterocycles. The number of fused-ring (bicyclic) bond motifs is 1. The van der Waals surface area contributed by atoms with Gasteiger partial charge < -0.3 is 4.52 Å². The number of aryl methyl sites for hydroxylation is 1. The van der Waals surface area contributed by atoms with Crippen LogP contribution in [-0.2, 0) is 6.18 Å². The van der Waals surface area contributed by atoms with Crippen LogP contribution in [0.5, 0.6) is 0 Å². The Labute approximate surface area is 144 Å². The zero-order valence-electron chi connectivity index (χ0n) is 13.4. The molecule has 3 aromatic rings. The van der Waals surface area contributed by atoms with Gasteiger partial charge in [-0.1, -0.05) is 19.0 Å². The van der Waals surface area contributed by atoms with Crippen LogP contribution in [0.2, 0.25) is 0 Å². The molecule has 0 aromatic carbocycles. The number of amides is 1. The molecule has 0 aliphatic rings. The van der Waals surface area contributed by atoms with Crippen molar-refractivity contribution in [3.8, 4) is 0 Å². The van der Waals surface area contributed by atoms with Gasteiger partial charge >= 0.3 is 6.18 Å². The zero-order chi connectivity index (χ0) is 18.4. The summed E-state index contributed by atoms with van der Waals surface area (Å²) in [6.07, 6.45) is -4.56. The normalized spacial score (nSPS) is 12.1. The first-order valence-corrected chi connectivity index (χ1v) is 8.15. The van der Waals surface area contributed by atoms with Gasteiger partial charge in [0.15, 0.2) is 10.8 Å². The van der Waals surface area contributed by atoms with Crippen molar-refractivity contribution >= 4 is 33.5 Å². The average Bonchev–Trinajstić information content (AvgIpc) is 3.13. The van der Waals surface area contributed by atoms with E-state index in [0.29, 0.717) is 28.1 Å². The van der Waals surface area contributed by atoms with Gasteiger partial charge in [-0.3, -0.25) is 10.1 Å². The van der Waals surface area contributed by atoms with Crippen molar-refractivity contribution < 1.29 is 22.5 Å². The minimum absolute atomic E-state index is 0.0260. The number of aromatic nitrogens is 3. The number of thiazole rings is 1. The maximum atomic E-state index is 12.6. The lowest BCUT2D eigenvalue weighted by Crippen LogP contribution is -2.14. The molecule has 0 atom stereocenters. The summed E-state index contributed by atoms with van der Waals surface area (Å²) in [7, 11) is 0. The number of alkyl halides is 3. The predicted molar refractivity (Wildman–Crippen MR) is 85.7 cm³/mol. The minimum atomic E-state index is -4.56. The second-order valence-corrected chi connectivity index (χ2v) is 6.55. The van der Waals surface area contributed by atoms with E-state index in [-0.39, 0.29) is 22.3 Å². The molecule has 3 heterocycles. The molecule has 1 N–H and O–H groups in total. The molecule has 3 aromatic heterocycles. The summed E-state index contributed by atoms with van der Waals surface area (Å²) in [5.41, 5.74) is 0.485. The van der Waals surface area contributed by atoms with E-state index in [1.54, 1.807) is 13.0 Å². The van der Waals surface area contributed by atoms with Gasteiger partial charge in [-0.2, -0.15) is 13.2 Å². The van der Waals surface area contributed by atoms with E-state index in [2.05, 4.69) is 20.4 Å². The summed E-state index contributed by atoms with van der Waals surface area (Å²) in [4.78, 5) is 20.3. The van der Waals surface area contributed by atoms with E-state index in [1.807, 2.05) is 13.8 Å². The maximum absolute atomic E-state index is 12.6. The molecule has 25 heavy (non-hydrogen) atoms. The number of carbonyl (C=O) groups excluding carboxylic acids is 1. The monoisotopic (exact) mass is 370 g/mol. The molecule has 0 bridgehead atoms. The molecule has 6 nitrogen and oxygen atoms in total. The number of carbonyl (C=O) groups is 1. The Hall–Kier alpha value is -2.49. The Bertz CT molecular complexity index is 946. The fourth-order valence-corrected chi connectivity index (χ4v) is 2.93. The molecular weight excluding hydrogens is 357 g/mol. The van der Waals surface area contributed by atoms with Gasteiger partial charge in [0.2, 0.25) is 0 Å². The number of nitrogens with one attached hydrogen (secondary N) is 1. The molecule has 0 saturated heterocycles. The van der Waals surface area contributed by atoms with Gasteiger partial charge in [-0.05, 0) is 18.9 Å². The smallest absolute Gasteiger partial charge is 0.336 e. The van der Waals surface area contributed by atoms with Crippen LogP contribution < -0.4 is 5.32 Å². The van der Waals surface area contributed by atoms with Crippen molar-refractivity contribution in [1.29, 1.82) is 0 Å². The van der Waals surface area contributed by atoms with E-state index in [4.69, 9.17) is 4.52 Å². The molecule has 0 saturated carbocycles. The average molecular weight is 370 g/mol. The summed E-state index contributed by atoms with van der Waals surface area (Å²) in [6.45, 7) is 5.45. The highest BCUT2D eigenvalue weighted by molar-refractivity contribution is 7.14. The fourth-order valence-electron chi connectivity index (χ4n) is 2.21.